The van der Waals surface area contributed by atoms with Crippen LogP contribution in [-0.4, -0.2) is 6.61 Å². The zero-order chi connectivity index (χ0) is 14.7. The fourth-order valence-electron chi connectivity index (χ4n) is 2.46. The normalized spacial score (nSPS) is 12.2. The quantitative estimate of drug-likeness (QED) is 0.908. The Morgan fingerprint density at radius 3 is 2.40 bits per heavy atom. The molecule has 20 heavy (non-hydrogen) atoms. The molecule has 0 heterocycles. The molecule has 0 aromatic heterocycles. The molecule has 2 aromatic carbocycles. The topological polar surface area (TPSA) is 35.2 Å². The first-order chi connectivity index (χ1) is 9.52. The van der Waals surface area contributed by atoms with Gasteiger partial charge in [0, 0.05) is 0 Å². The molecule has 2 nitrogen and oxygen atoms in total. The number of benzene rings is 2. The van der Waals surface area contributed by atoms with Gasteiger partial charge in [0.2, 0.25) is 0 Å². The first-order valence-electron chi connectivity index (χ1n) is 7.09. The minimum Gasteiger partial charge on any atom is -0.494 e. The van der Waals surface area contributed by atoms with Gasteiger partial charge in [-0.05, 0) is 67.6 Å². The van der Waals surface area contributed by atoms with E-state index in [1.54, 1.807) is 0 Å². The largest absolute Gasteiger partial charge is 0.494 e. The molecule has 1 unspecified atom stereocenters. The molecule has 0 saturated carbocycles. The predicted octanol–water partition coefficient (Wildman–Crippen LogP) is 4.06. The van der Waals surface area contributed by atoms with Crippen molar-refractivity contribution in [2.24, 2.45) is 5.73 Å². The van der Waals surface area contributed by atoms with E-state index in [1.165, 1.54) is 22.3 Å². The fourth-order valence-corrected chi connectivity index (χ4v) is 2.46. The highest BCUT2D eigenvalue weighted by atomic mass is 16.5. The maximum Gasteiger partial charge on any atom is 0.119 e. The number of nitrogens with two attached hydrogens (primary N) is 1. The van der Waals surface area contributed by atoms with Gasteiger partial charge >= 0.3 is 0 Å². The lowest BCUT2D eigenvalue weighted by Gasteiger charge is -2.18. The van der Waals surface area contributed by atoms with Gasteiger partial charge in [0.25, 0.3) is 0 Å². The third kappa shape index (κ3) is 3.02. The van der Waals surface area contributed by atoms with Gasteiger partial charge < -0.3 is 10.5 Å². The molecular weight excluding hydrogens is 246 g/mol. The summed E-state index contributed by atoms with van der Waals surface area (Å²) in [4.78, 5) is 0. The highest BCUT2D eigenvalue weighted by Crippen LogP contribution is 2.27. The average molecular weight is 269 g/mol. The summed E-state index contributed by atoms with van der Waals surface area (Å²) in [5, 5.41) is 0. The summed E-state index contributed by atoms with van der Waals surface area (Å²) in [6.07, 6.45) is 0. The Labute approximate surface area is 121 Å². The van der Waals surface area contributed by atoms with Crippen LogP contribution in [-0.2, 0) is 0 Å². The summed E-state index contributed by atoms with van der Waals surface area (Å²) in [5.74, 6) is 0.877. The van der Waals surface area contributed by atoms with Crippen molar-refractivity contribution in [3.05, 3.63) is 64.2 Å². The van der Waals surface area contributed by atoms with Gasteiger partial charge in [-0.25, -0.2) is 0 Å². The molecule has 0 fully saturated rings. The van der Waals surface area contributed by atoms with E-state index in [0.29, 0.717) is 6.61 Å². The van der Waals surface area contributed by atoms with Crippen molar-refractivity contribution in [2.75, 3.05) is 6.61 Å². The van der Waals surface area contributed by atoms with Crippen molar-refractivity contribution in [3.63, 3.8) is 0 Å². The molecule has 0 radical (unpaired) electrons. The molecule has 0 aliphatic rings. The van der Waals surface area contributed by atoms with E-state index in [-0.39, 0.29) is 6.04 Å². The second-order valence-electron chi connectivity index (χ2n) is 5.28. The lowest BCUT2D eigenvalue weighted by atomic mass is 9.92. The van der Waals surface area contributed by atoms with Crippen molar-refractivity contribution in [1.82, 2.24) is 0 Å². The zero-order valence-electron chi connectivity index (χ0n) is 12.7. The second kappa shape index (κ2) is 6.10. The summed E-state index contributed by atoms with van der Waals surface area (Å²) < 4.78 is 5.55. The van der Waals surface area contributed by atoms with Crippen molar-refractivity contribution >= 4 is 0 Å². The molecule has 2 rings (SSSR count). The molecule has 2 N–H and O–H groups in total. The van der Waals surface area contributed by atoms with Gasteiger partial charge in [-0.3, -0.25) is 0 Å². The minimum absolute atomic E-state index is 0.116. The Kier molecular flexibility index (Phi) is 4.46. The summed E-state index contributed by atoms with van der Waals surface area (Å²) in [7, 11) is 0. The Morgan fingerprint density at radius 2 is 1.70 bits per heavy atom. The van der Waals surface area contributed by atoms with E-state index in [0.717, 1.165) is 11.3 Å². The van der Waals surface area contributed by atoms with Crippen molar-refractivity contribution in [2.45, 2.75) is 33.7 Å². The highest BCUT2D eigenvalue weighted by molar-refractivity contribution is 5.43. The maximum atomic E-state index is 6.45. The molecule has 0 amide bonds. The molecule has 2 aromatic rings. The van der Waals surface area contributed by atoms with Gasteiger partial charge in [-0.1, -0.05) is 24.3 Å². The fraction of sp³-hybridized carbons (Fsp3) is 0.333. The first kappa shape index (κ1) is 14.6. The number of ether oxygens (including phenoxy) is 1. The Bertz CT molecular complexity index is 604. The van der Waals surface area contributed by atoms with Crippen LogP contribution in [0.25, 0.3) is 0 Å². The average Bonchev–Trinajstić information content (AvgIpc) is 2.43. The summed E-state index contributed by atoms with van der Waals surface area (Å²) in [6.45, 7) is 9.03. The van der Waals surface area contributed by atoms with Crippen molar-refractivity contribution < 1.29 is 4.74 Å². The number of rotatable bonds is 4. The number of hydrogen-bond donors (Lipinski definition) is 1. The van der Waals surface area contributed by atoms with Crippen molar-refractivity contribution in [3.8, 4) is 5.75 Å². The third-order valence-electron chi connectivity index (χ3n) is 3.75. The van der Waals surface area contributed by atoms with E-state index in [1.807, 2.05) is 25.1 Å². The van der Waals surface area contributed by atoms with E-state index < -0.39 is 0 Å². The smallest absolute Gasteiger partial charge is 0.119 e. The maximum absolute atomic E-state index is 6.45. The van der Waals surface area contributed by atoms with Gasteiger partial charge in [0.15, 0.2) is 0 Å². The number of aryl methyl sites for hydroxylation is 3. The van der Waals surface area contributed by atoms with Crippen LogP contribution in [0.3, 0.4) is 0 Å². The van der Waals surface area contributed by atoms with E-state index in [4.69, 9.17) is 10.5 Å². The van der Waals surface area contributed by atoms with Crippen LogP contribution >= 0.6 is 0 Å². The van der Waals surface area contributed by atoms with Gasteiger partial charge in [0.1, 0.15) is 5.75 Å². The lowest BCUT2D eigenvalue weighted by molar-refractivity contribution is 0.340. The Morgan fingerprint density at radius 1 is 1.00 bits per heavy atom. The molecule has 0 aliphatic heterocycles. The highest BCUT2D eigenvalue weighted by Gasteiger charge is 2.13. The third-order valence-corrected chi connectivity index (χ3v) is 3.75. The number of hydrogen-bond acceptors (Lipinski definition) is 2. The Balaban J connectivity index is 2.38. The summed E-state index contributed by atoms with van der Waals surface area (Å²) in [6, 6.07) is 12.3. The van der Waals surface area contributed by atoms with Crippen LogP contribution in [0.15, 0.2) is 36.4 Å². The van der Waals surface area contributed by atoms with Gasteiger partial charge in [-0.2, -0.15) is 0 Å². The SMILES string of the molecule is CCOc1cccc(C(N)c2cc(C)c(C)cc2C)c1. The summed E-state index contributed by atoms with van der Waals surface area (Å²) >= 11 is 0. The van der Waals surface area contributed by atoms with Crippen LogP contribution in [0.2, 0.25) is 0 Å². The van der Waals surface area contributed by atoms with Gasteiger partial charge in [0.05, 0.1) is 12.6 Å². The van der Waals surface area contributed by atoms with Crippen LogP contribution in [0.1, 0.15) is 40.8 Å². The van der Waals surface area contributed by atoms with E-state index in [2.05, 4.69) is 39.0 Å². The van der Waals surface area contributed by atoms with Crippen LogP contribution in [0.5, 0.6) is 5.75 Å². The van der Waals surface area contributed by atoms with Crippen LogP contribution < -0.4 is 10.5 Å². The molecule has 0 saturated heterocycles. The van der Waals surface area contributed by atoms with Crippen LogP contribution in [0, 0.1) is 20.8 Å². The molecule has 2 heteroatoms. The molecule has 0 aliphatic carbocycles. The van der Waals surface area contributed by atoms with E-state index >= 15 is 0 Å². The standard InChI is InChI=1S/C18H23NO/c1-5-20-16-8-6-7-15(11-16)18(19)17-10-13(3)12(2)9-14(17)4/h6-11,18H,5,19H2,1-4H3. The van der Waals surface area contributed by atoms with Crippen LogP contribution in [0.4, 0.5) is 0 Å². The lowest BCUT2D eigenvalue weighted by Crippen LogP contribution is -2.14. The minimum atomic E-state index is -0.116. The van der Waals surface area contributed by atoms with E-state index in [9.17, 15) is 0 Å². The monoisotopic (exact) mass is 269 g/mol. The van der Waals surface area contributed by atoms with Gasteiger partial charge in [-0.15, -0.1) is 0 Å². The first-order valence-corrected chi connectivity index (χ1v) is 7.09. The molecular formula is C18H23NO. The molecule has 106 valence electrons. The molecule has 0 spiro atoms. The molecule has 1 atom stereocenters. The Hall–Kier alpha value is -1.80. The van der Waals surface area contributed by atoms with Crippen molar-refractivity contribution in [1.29, 1.82) is 0 Å². The zero-order valence-corrected chi connectivity index (χ0v) is 12.7. The molecule has 0 bridgehead atoms. The summed E-state index contributed by atoms with van der Waals surface area (Å²) in [5.41, 5.74) is 12.5. The second-order valence-corrected chi connectivity index (χ2v) is 5.28. The predicted molar refractivity (Wildman–Crippen MR) is 84.3 cm³/mol.